The zero-order chi connectivity index (χ0) is 23.4. The Hall–Kier alpha value is -3.19. The van der Waals surface area contributed by atoms with E-state index in [0.717, 1.165) is 12.8 Å². The SMILES string of the molecule is CCCCN1C(=O)C(=O)/C(=C(/O)c2cc(Cl)c(OC)cc2OC)C1c1ccc(OC)cc1. The van der Waals surface area contributed by atoms with Crippen LogP contribution in [0.5, 0.6) is 17.2 Å². The van der Waals surface area contributed by atoms with Gasteiger partial charge in [-0.15, -0.1) is 0 Å². The Kier molecular flexibility index (Phi) is 7.30. The van der Waals surface area contributed by atoms with Gasteiger partial charge in [0.25, 0.3) is 11.7 Å². The van der Waals surface area contributed by atoms with Crippen molar-refractivity contribution >= 4 is 29.1 Å². The van der Waals surface area contributed by atoms with Crippen LogP contribution in [0.1, 0.15) is 36.9 Å². The third kappa shape index (κ3) is 4.25. The predicted molar refractivity (Wildman–Crippen MR) is 121 cm³/mol. The maximum absolute atomic E-state index is 13.1. The molecule has 0 bridgehead atoms. The molecule has 7 nitrogen and oxygen atoms in total. The van der Waals surface area contributed by atoms with Gasteiger partial charge in [-0.25, -0.2) is 0 Å². The van der Waals surface area contributed by atoms with Crippen molar-refractivity contribution in [2.75, 3.05) is 27.9 Å². The highest BCUT2D eigenvalue weighted by Crippen LogP contribution is 2.43. The van der Waals surface area contributed by atoms with Crippen molar-refractivity contribution in [3.05, 3.63) is 58.1 Å². The van der Waals surface area contributed by atoms with E-state index < -0.39 is 17.7 Å². The number of nitrogens with zero attached hydrogens (tertiary/aromatic N) is 1. The first-order valence-corrected chi connectivity index (χ1v) is 10.6. The molecule has 1 amide bonds. The number of halogens is 1. The summed E-state index contributed by atoms with van der Waals surface area (Å²) < 4.78 is 15.8. The third-order valence-electron chi connectivity index (χ3n) is 5.45. The van der Waals surface area contributed by atoms with Gasteiger partial charge in [-0.05, 0) is 30.2 Å². The number of amides is 1. The van der Waals surface area contributed by atoms with Gasteiger partial charge in [-0.3, -0.25) is 9.59 Å². The average molecular weight is 460 g/mol. The molecule has 0 aliphatic carbocycles. The van der Waals surface area contributed by atoms with E-state index in [1.807, 2.05) is 6.92 Å². The summed E-state index contributed by atoms with van der Waals surface area (Å²) >= 11 is 6.27. The van der Waals surface area contributed by atoms with Crippen molar-refractivity contribution in [1.29, 1.82) is 0 Å². The fraction of sp³-hybridized carbons (Fsp3) is 0.333. The van der Waals surface area contributed by atoms with E-state index in [9.17, 15) is 14.7 Å². The Morgan fingerprint density at radius 3 is 2.25 bits per heavy atom. The zero-order valence-electron chi connectivity index (χ0n) is 18.5. The lowest BCUT2D eigenvalue weighted by molar-refractivity contribution is -0.139. The molecule has 1 heterocycles. The molecule has 32 heavy (non-hydrogen) atoms. The van der Waals surface area contributed by atoms with Crippen molar-refractivity contribution in [2.24, 2.45) is 0 Å². The summed E-state index contributed by atoms with van der Waals surface area (Å²) in [5, 5.41) is 11.5. The standard InChI is InChI=1S/C24H26ClNO6/c1-5-6-11-26-21(14-7-9-15(30-2)10-8-14)20(23(28)24(26)29)22(27)16-12-17(25)19(32-4)13-18(16)31-3/h7-10,12-13,21,27H,5-6,11H2,1-4H3/b22-20+. The van der Waals surface area contributed by atoms with Gasteiger partial charge < -0.3 is 24.2 Å². The second kappa shape index (κ2) is 9.96. The minimum Gasteiger partial charge on any atom is -0.507 e. The van der Waals surface area contributed by atoms with Gasteiger partial charge in [0.2, 0.25) is 0 Å². The van der Waals surface area contributed by atoms with Crippen LogP contribution in [0.15, 0.2) is 42.0 Å². The molecule has 0 aromatic heterocycles. The summed E-state index contributed by atoms with van der Waals surface area (Å²) in [6.45, 7) is 2.39. The number of Topliss-reactive ketones (excluding diaryl/α,β-unsaturated/α-hetero) is 1. The van der Waals surface area contributed by atoms with Crippen molar-refractivity contribution in [3.63, 3.8) is 0 Å². The highest BCUT2D eigenvalue weighted by atomic mass is 35.5. The van der Waals surface area contributed by atoms with E-state index in [1.54, 1.807) is 31.4 Å². The normalized spacial score (nSPS) is 17.5. The second-order valence-electron chi connectivity index (χ2n) is 7.31. The molecule has 1 atom stereocenters. The summed E-state index contributed by atoms with van der Waals surface area (Å²) in [6, 6.07) is 9.28. The lowest BCUT2D eigenvalue weighted by atomic mass is 9.94. The molecule has 1 saturated heterocycles. The number of likely N-dealkylation sites (tertiary alicyclic amines) is 1. The Bertz CT molecular complexity index is 1050. The van der Waals surface area contributed by atoms with Crippen molar-refractivity contribution in [3.8, 4) is 17.2 Å². The maximum atomic E-state index is 13.1. The van der Waals surface area contributed by atoms with E-state index in [1.165, 1.54) is 31.3 Å². The van der Waals surface area contributed by atoms with Gasteiger partial charge in [0.05, 0.1) is 43.5 Å². The number of methoxy groups -OCH3 is 3. The van der Waals surface area contributed by atoms with Crippen LogP contribution in [-0.2, 0) is 9.59 Å². The molecule has 1 N–H and O–H groups in total. The Labute approximate surface area is 192 Å². The molecule has 1 aliphatic heterocycles. The van der Waals surface area contributed by atoms with Crippen LogP contribution in [0.4, 0.5) is 0 Å². The van der Waals surface area contributed by atoms with E-state index in [2.05, 4.69) is 0 Å². The van der Waals surface area contributed by atoms with E-state index >= 15 is 0 Å². The van der Waals surface area contributed by atoms with Crippen LogP contribution < -0.4 is 14.2 Å². The zero-order valence-corrected chi connectivity index (χ0v) is 19.2. The monoisotopic (exact) mass is 459 g/mol. The van der Waals surface area contributed by atoms with E-state index in [-0.39, 0.29) is 27.7 Å². The molecular weight excluding hydrogens is 434 g/mol. The molecule has 3 rings (SSSR count). The van der Waals surface area contributed by atoms with Crippen LogP contribution >= 0.6 is 11.6 Å². The molecule has 0 spiro atoms. The van der Waals surface area contributed by atoms with Crippen LogP contribution in [0.25, 0.3) is 5.76 Å². The van der Waals surface area contributed by atoms with Crippen molar-refractivity contribution in [1.82, 2.24) is 4.90 Å². The fourth-order valence-electron chi connectivity index (χ4n) is 3.76. The number of rotatable bonds is 8. The molecular formula is C24H26ClNO6. The lowest BCUT2D eigenvalue weighted by Gasteiger charge is -2.25. The van der Waals surface area contributed by atoms with Crippen LogP contribution in [0.2, 0.25) is 5.02 Å². The summed E-state index contributed by atoms with van der Waals surface area (Å²) in [4.78, 5) is 27.5. The maximum Gasteiger partial charge on any atom is 0.295 e. The average Bonchev–Trinajstić information content (AvgIpc) is 3.06. The van der Waals surface area contributed by atoms with Gasteiger partial charge in [0.15, 0.2) is 0 Å². The third-order valence-corrected chi connectivity index (χ3v) is 5.75. The topological polar surface area (TPSA) is 85.3 Å². The first kappa shape index (κ1) is 23.5. The minimum absolute atomic E-state index is 0.0178. The first-order chi connectivity index (χ1) is 15.4. The molecule has 0 radical (unpaired) electrons. The molecule has 170 valence electrons. The number of carbonyl (C=O) groups is 2. The largest absolute Gasteiger partial charge is 0.507 e. The summed E-state index contributed by atoms with van der Waals surface area (Å²) in [5.74, 6) is -0.507. The number of aliphatic hydroxyl groups excluding tert-OH is 1. The molecule has 1 unspecified atom stereocenters. The Morgan fingerprint density at radius 2 is 1.69 bits per heavy atom. The number of unbranched alkanes of at least 4 members (excludes halogenated alkanes) is 1. The van der Waals surface area contributed by atoms with Gasteiger partial charge in [-0.1, -0.05) is 37.1 Å². The van der Waals surface area contributed by atoms with Crippen LogP contribution in [0.3, 0.4) is 0 Å². The quantitative estimate of drug-likeness (QED) is 0.353. The van der Waals surface area contributed by atoms with E-state index in [0.29, 0.717) is 23.6 Å². The van der Waals surface area contributed by atoms with Gasteiger partial charge in [0, 0.05) is 12.6 Å². The summed E-state index contributed by atoms with van der Waals surface area (Å²) in [6.07, 6.45) is 1.57. The molecule has 0 saturated carbocycles. The van der Waals surface area contributed by atoms with Crippen LogP contribution in [-0.4, -0.2) is 49.6 Å². The Balaban J connectivity index is 2.22. The minimum atomic E-state index is -0.756. The van der Waals surface area contributed by atoms with Crippen LogP contribution in [0, 0.1) is 0 Å². The number of hydrogen-bond donors (Lipinski definition) is 1. The first-order valence-electron chi connectivity index (χ1n) is 10.2. The highest BCUT2D eigenvalue weighted by molar-refractivity contribution is 6.46. The molecule has 1 aliphatic rings. The number of hydrogen-bond acceptors (Lipinski definition) is 6. The summed E-state index contributed by atoms with van der Waals surface area (Å²) in [5.41, 5.74) is 0.863. The van der Waals surface area contributed by atoms with Gasteiger partial charge >= 0.3 is 0 Å². The van der Waals surface area contributed by atoms with Crippen molar-refractivity contribution in [2.45, 2.75) is 25.8 Å². The molecule has 2 aromatic carbocycles. The molecule has 1 fully saturated rings. The highest BCUT2D eigenvalue weighted by Gasteiger charge is 2.46. The lowest BCUT2D eigenvalue weighted by Crippen LogP contribution is -2.30. The smallest absolute Gasteiger partial charge is 0.295 e. The van der Waals surface area contributed by atoms with Gasteiger partial charge in [0.1, 0.15) is 23.0 Å². The molecule has 8 heteroatoms. The van der Waals surface area contributed by atoms with Crippen molar-refractivity contribution < 1.29 is 28.9 Å². The second-order valence-corrected chi connectivity index (χ2v) is 7.71. The summed E-state index contributed by atoms with van der Waals surface area (Å²) in [7, 11) is 4.45. The number of aliphatic hydroxyl groups is 1. The number of benzene rings is 2. The number of ketones is 1. The van der Waals surface area contributed by atoms with E-state index in [4.69, 9.17) is 25.8 Å². The fourth-order valence-corrected chi connectivity index (χ4v) is 4.00. The molecule has 2 aromatic rings. The Morgan fingerprint density at radius 1 is 1.03 bits per heavy atom. The van der Waals surface area contributed by atoms with Gasteiger partial charge in [-0.2, -0.15) is 0 Å². The number of carbonyl (C=O) groups excluding carboxylic acids is 2. The predicted octanol–water partition coefficient (Wildman–Crippen LogP) is 4.59. The number of ether oxygens (including phenoxy) is 3.